The van der Waals surface area contributed by atoms with Gasteiger partial charge in [0.1, 0.15) is 0 Å². The number of ketones is 1. The Balaban J connectivity index is 1.53. The lowest BCUT2D eigenvalue weighted by molar-refractivity contribution is -0.143. The predicted octanol–water partition coefficient (Wildman–Crippen LogP) is 3.84. The molecule has 2 amide bonds. The Morgan fingerprint density at radius 2 is 1.26 bits per heavy atom. The van der Waals surface area contributed by atoms with Gasteiger partial charge in [-0.05, 0) is 17.7 Å². The molecule has 0 spiro atoms. The number of ether oxygens (including phenoxy) is 1. The molecular weight excluding hydrogens is 394 g/mol. The molecule has 0 fully saturated rings. The molecule has 1 heterocycles. The molecule has 1 aliphatic heterocycles. The monoisotopic (exact) mass is 413 g/mol. The zero-order chi connectivity index (χ0) is 21.8. The van der Waals surface area contributed by atoms with Gasteiger partial charge in [0.25, 0.3) is 11.8 Å². The number of fused-ring (bicyclic) bond motifs is 1. The smallest absolute Gasteiger partial charge is 0.308 e. The molecule has 154 valence electrons. The van der Waals surface area contributed by atoms with Gasteiger partial charge in [0.05, 0.1) is 23.6 Å². The fourth-order valence-electron chi connectivity index (χ4n) is 3.59. The normalized spacial score (nSPS) is 13.6. The van der Waals surface area contributed by atoms with Crippen molar-refractivity contribution in [3.63, 3.8) is 0 Å². The van der Waals surface area contributed by atoms with Crippen molar-refractivity contribution in [1.29, 1.82) is 0 Å². The lowest BCUT2D eigenvalue weighted by Crippen LogP contribution is -2.35. The molecule has 1 aliphatic rings. The zero-order valence-corrected chi connectivity index (χ0v) is 16.6. The summed E-state index contributed by atoms with van der Waals surface area (Å²) in [4.78, 5) is 51.8. The van der Waals surface area contributed by atoms with Crippen LogP contribution in [0.1, 0.15) is 49.1 Å². The molecule has 6 heteroatoms. The highest BCUT2D eigenvalue weighted by Crippen LogP contribution is 2.33. The van der Waals surface area contributed by atoms with E-state index in [1.165, 1.54) is 0 Å². The first-order valence-corrected chi connectivity index (χ1v) is 9.82. The van der Waals surface area contributed by atoms with Crippen molar-refractivity contribution in [2.45, 2.75) is 12.5 Å². The summed E-state index contributed by atoms with van der Waals surface area (Å²) in [7, 11) is 0. The summed E-state index contributed by atoms with van der Waals surface area (Å²) in [6, 6.07) is 23.1. The standard InChI is InChI=1S/C25H19NO5/c27-22(18-11-5-2-6-12-18)16-31-23(28)15-21(17-9-3-1-4-10-17)26-24(29)19-13-7-8-14-20(19)25(26)30/h1-14,21H,15-16H2/t21-/m0/s1. The van der Waals surface area contributed by atoms with Crippen LogP contribution >= 0.6 is 0 Å². The van der Waals surface area contributed by atoms with E-state index in [0.717, 1.165) is 4.90 Å². The Morgan fingerprint density at radius 3 is 1.84 bits per heavy atom. The van der Waals surface area contributed by atoms with E-state index in [1.807, 2.05) is 0 Å². The van der Waals surface area contributed by atoms with Gasteiger partial charge >= 0.3 is 5.97 Å². The molecular formula is C25H19NO5. The van der Waals surface area contributed by atoms with Gasteiger partial charge < -0.3 is 4.74 Å². The highest BCUT2D eigenvalue weighted by Gasteiger charge is 2.41. The van der Waals surface area contributed by atoms with Gasteiger partial charge in [-0.3, -0.25) is 24.1 Å². The Labute approximate surface area is 179 Å². The number of esters is 1. The minimum absolute atomic E-state index is 0.252. The van der Waals surface area contributed by atoms with Gasteiger partial charge in [-0.25, -0.2) is 0 Å². The van der Waals surface area contributed by atoms with Crippen LogP contribution in [0.25, 0.3) is 0 Å². The second kappa shape index (κ2) is 8.75. The molecule has 0 saturated carbocycles. The van der Waals surface area contributed by atoms with Crippen LogP contribution < -0.4 is 0 Å². The minimum Gasteiger partial charge on any atom is -0.457 e. The highest BCUT2D eigenvalue weighted by atomic mass is 16.5. The number of carbonyl (C=O) groups excluding carboxylic acids is 4. The topological polar surface area (TPSA) is 80.8 Å². The largest absolute Gasteiger partial charge is 0.457 e. The SMILES string of the molecule is O=C(C[C@@H](c1ccccc1)N1C(=O)c2ccccc2C1=O)OCC(=O)c1ccccc1. The highest BCUT2D eigenvalue weighted by molar-refractivity contribution is 6.21. The van der Waals surface area contributed by atoms with Gasteiger partial charge in [0, 0.05) is 5.56 Å². The zero-order valence-electron chi connectivity index (χ0n) is 16.6. The van der Waals surface area contributed by atoms with Gasteiger partial charge in [-0.2, -0.15) is 0 Å². The molecule has 0 bridgehead atoms. The Hall–Kier alpha value is -4.06. The number of Topliss-reactive ketones (excluding diaryl/α,β-unsaturated/α-hetero) is 1. The van der Waals surface area contributed by atoms with Crippen molar-refractivity contribution in [3.8, 4) is 0 Å². The molecule has 1 atom stereocenters. The van der Waals surface area contributed by atoms with Crippen LogP contribution in [0, 0.1) is 0 Å². The fraction of sp³-hybridized carbons (Fsp3) is 0.120. The number of carbonyl (C=O) groups is 4. The van der Waals surface area contributed by atoms with Crippen LogP contribution in [0.15, 0.2) is 84.9 Å². The number of imide groups is 1. The Bertz CT molecular complexity index is 1110. The third-order valence-electron chi connectivity index (χ3n) is 5.14. The van der Waals surface area contributed by atoms with Crippen LogP contribution in [0.4, 0.5) is 0 Å². The number of benzene rings is 3. The van der Waals surface area contributed by atoms with Gasteiger partial charge in [-0.1, -0.05) is 72.8 Å². The number of nitrogens with zero attached hydrogens (tertiary/aromatic N) is 1. The summed E-state index contributed by atoms with van der Waals surface area (Å²) in [5, 5.41) is 0. The van der Waals surface area contributed by atoms with Crippen LogP contribution in [0.5, 0.6) is 0 Å². The van der Waals surface area contributed by atoms with E-state index in [2.05, 4.69) is 0 Å². The first-order valence-electron chi connectivity index (χ1n) is 9.82. The van der Waals surface area contributed by atoms with Gasteiger partial charge in [-0.15, -0.1) is 0 Å². The molecule has 0 aromatic heterocycles. The van der Waals surface area contributed by atoms with E-state index in [-0.39, 0.29) is 12.2 Å². The van der Waals surface area contributed by atoms with Crippen LogP contribution in [-0.4, -0.2) is 35.1 Å². The van der Waals surface area contributed by atoms with E-state index in [9.17, 15) is 19.2 Å². The van der Waals surface area contributed by atoms with Crippen LogP contribution in [0.2, 0.25) is 0 Å². The summed E-state index contributed by atoms with van der Waals surface area (Å²) >= 11 is 0. The number of amides is 2. The number of hydrogen-bond donors (Lipinski definition) is 0. The second-order valence-corrected chi connectivity index (χ2v) is 7.11. The summed E-state index contributed by atoms with van der Waals surface area (Å²) in [6.45, 7) is -0.410. The third-order valence-corrected chi connectivity index (χ3v) is 5.14. The maximum Gasteiger partial charge on any atom is 0.308 e. The number of rotatable bonds is 7. The summed E-state index contributed by atoms with van der Waals surface area (Å²) in [5.74, 6) is -1.91. The quantitative estimate of drug-likeness (QED) is 0.334. The molecule has 4 rings (SSSR count). The van der Waals surface area contributed by atoms with E-state index in [0.29, 0.717) is 22.3 Å². The molecule has 0 saturated heterocycles. The molecule has 0 unspecified atom stereocenters. The molecule has 6 nitrogen and oxygen atoms in total. The maximum absolute atomic E-state index is 13.0. The van der Waals surface area contributed by atoms with Crippen LogP contribution in [-0.2, 0) is 9.53 Å². The summed E-state index contributed by atoms with van der Waals surface area (Å²) in [5.41, 5.74) is 1.68. The lowest BCUT2D eigenvalue weighted by atomic mass is 10.0. The molecule has 0 radical (unpaired) electrons. The maximum atomic E-state index is 13.0. The summed E-state index contributed by atoms with van der Waals surface area (Å²) < 4.78 is 5.18. The predicted molar refractivity (Wildman–Crippen MR) is 112 cm³/mol. The van der Waals surface area contributed by atoms with E-state index >= 15 is 0 Å². The average molecular weight is 413 g/mol. The number of hydrogen-bond acceptors (Lipinski definition) is 5. The van der Waals surface area contributed by atoms with Crippen molar-refractivity contribution in [2.75, 3.05) is 6.61 Å². The van der Waals surface area contributed by atoms with E-state index in [4.69, 9.17) is 4.74 Å². The molecule has 0 aliphatic carbocycles. The van der Waals surface area contributed by atoms with Crippen molar-refractivity contribution in [1.82, 2.24) is 4.90 Å². The van der Waals surface area contributed by atoms with Crippen molar-refractivity contribution < 1.29 is 23.9 Å². The Kier molecular flexibility index (Phi) is 5.71. The molecule has 3 aromatic carbocycles. The molecule has 3 aromatic rings. The van der Waals surface area contributed by atoms with E-state index in [1.54, 1.807) is 84.9 Å². The van der Waals surface area contributed by atoms with Crippen molar-refractivity contribution >= 4 is 23.6 Å². The van der Waals surface area contributed by atoms with Gasteiger partial charge in [0.2, 0.25) is 0 Å². The van der Waals surface area contributed by atoms with Gasteiger partial charge in [0.15, 0.2) is 12.4 Å². The fourth-order valence-corrected chi connectivity index (χ4v) is 3.59. The summed E-state index contributed by atoms with van der Waals surface area (Å²) in [6.07, 6.45) is -0.252. The second-order valence-electron chi connectivity index (χ2n) is 7.11. The third kappa shape index (κ3) is 4.14. The molecule has 0 N–H and O–H groups in total. The van der Waals surface area contributed by atoms with Crippen molar-refractivity contribution in [3.05, 3.63) is 107 Å². The lowest BCUT2D eigenvalue weighted by Gasteiger charge is -2.26. The van der Waals surface area contributed by atoms with Crippen LogP contribution in [0.3, 0.4) is 0 Å². The minimum atomic E-state index is -0.840. The average Bonchev–Trinajstić information content (AvgIpc) is 3.07. The van der Waals surface area contributed by atoms with E-state index < -0.39 is 30.4 Å². The first kappa shape index (κ1) is 20.2. The Morgan fingerprint density at radius 1 is 0.742 bits per heavy atom. The van der Waals surface area contributed by atoms with Crippen molar-refractivity contribution in [2.24, 2.45) is 0 Å². The molecule has 31 heavy (non-hydrogen) atoms. The first-order chi connectivity index (χ1) is 15.1.